The Morgan fingerprint density at radius 1 is 1.29 bits per heavy atom. The number of aliphatic hydroxyl groups is 1. The summed E-state index contributed by atoms with van der Waals surface area (Å²) < 4.78 is 0. The van der Waals surface area contributed by atoms with Crippen molar-refractivity contribution in [3.8, 4) is 0 Å². The van der Waals surface area contributed by atoms with E-state index in [1.165, 1.54) is 0 Å². The molecule has 3 atom stereocenters. The lowest BCUT2D eigenvalue weighted by atomic mass is 9.77. The molecule has 0 aromatic heterocycles. The normalized spacial score (nSPS) is 37.8. The molecule has 1 saturated heterocycles. The van der Waals surface area contributed by atoms with E-state index in [0.29, 0.717) is 12.5 Å². The summed E-state index contributed by atoms with van der Waals surface area (Å²) in [7, 11) is 0. The number of carbonyl (C=O) groups is 1. The van der Waals surface area contributed by atoms with Crippen molar-refractivity contribution < 1.29 is 9.90 Å². The average molecular weight is 198 g/mol. The summed E-state index contributed by atoms with van der Waals surface area (Å²) in [6.45, 7) is 0.716. The van der Waals surface area contributed by atoms with Crippen molar-refractivity contribution in [2.45, 2.75) is 44.2 Å². The van der Waals surface area contributed by atoms with Crippen LogP contribution in [0.2, 0.25) is 0 Å². The first-order valence-electron chi connectivity index (χ1n) is 5.44. The molecule has 4 heteroatoms. The number of urea groups is 1. The third kappa shape index (κ3) is 1.59. The summed E-state index contributed by atoms with van der Waals surface area (Å²) in [5.74, 6) is 0.472. The number of rotatable bonds is 0. The van der Waals surface area contributed by atoms with Crippen LogP contribution in [0.25, 0.3) is 0 Å². The smallest absolute Gasteiger partial charge is 0.315 e. The van der Waals surface area contributed by atoms with Gasteiger partial charge in [0, 0.05) is 6.54 Å². The SMILES string of the molecule is NC(=O)N1CCC[C@@H]2CCC[C@@H](O)[C@H]21. The number of amides is 2. The number of hydrogen-bond donors (Lipinski definition) is 2. The Balaban J connectivity index is 2.14. The Morgan fingerprint density at radius 3 is 2.71 bits per heavy atom. The number of nitrogens with zero attached hydrogens (tertiary/aromatic N) is 1. The number of piperidine rings is 1. The van der Waals surface area contributed by atoms with Gasteiger partial charge < -0.3 is 15.7 Å². The fraction of sp³-hybridized carbons (Fsp3) is 0.900. The molecule has 14 heavy (non-hydrogen) atoms. The van der Waals surface area contributed by atoms with Crippen LogP contribution in [0, 0.1) is 5.92 Å². The van der Waals surface area contributed by atoms with Gasteiger partial charge in [-0.25, -0.2) is 4.79 Å². The van der Waals surface area contributed by atoms with E-state index in [-0.39, 0.29) is 18.2 Å². The summed E-state index contributed by atoms with van der Waals surface area (Å²) in [4.78, 5) is 12.9. The fourth-order valence-corrected chi connectivity index (χ4v) is 2.95. The topological polar surface area (TPSA) is 66.6 Å². The van der Waals surface area contributed by atoms with Crippen LogP contribution >= 0.6 is 0 Å². The monoisotopic (exact) mass is 198 g/mol. The van der Waals surface area contributed by atoms with Gasteiger partial charge in [-0.2, -0.15) is 0 Å². The van der Waals surface area contributed by atoms with Crippen molar-refractivity contribution in [3.05, 3.63) is 0 Å². The second kappa shape index (κ2) is 3.77. The van der Waals surface area contributed by atoms with Gasteiger partial charge in [0.25, 0.3) is 0 Å². The first-order chi connectivity index (χ1) is 6.70. The van der Waals surface area contributed by atoms with E-state index in [1.807, 2.05) is 0 Å². The maximum absolute atomic E-state index is 11.2. The second-order valence-corrected chi connectivity index (χ2v) is 4.42. The Labute approximate surface area is 84.1 Å². The van der Waals surface area contributed by atoms with Crippen LogP contribution in [0.15, 0.2) is 0 Å². The first kappa shape index (κ1) is 9.77. The van der Waals surface area contributed by atoms with Gasteiger partial charge in [0.15, 0.2) is 0 Å². The lowest BCUT2D eigenvalue weighted by Crippen LogP contribution is -2.57. The number of hydrogen-bond acceptors (Lipinski definition) is 2. The average Bonchev–Trinajstić information content (AvgIpc) is 2.17. The second-order valence-electron chi connectivity index (χ2n) is 4.42. The third-order valence-corrected chi connectivity index (χ3v) is 3.57. The maximum Gasteiger partial charge on any atom is 0.315 e. The summed E-state index contributed by atoms with van der Waals surface area (Å²) in [5, 5.41) is 9.87. The van der Waals surface area contributed by atoms with Crippen LogP contribution in [-0.2, 0) is 0 Å². The van der Waals surface area contributed by atoms with E-state index in [1.54, 1.807) is 4.90 Å². The Hall–Kier alpha value is -0.770. The van der Waals surface area contributed by atoms with Gasteiger partial charge in [-0.3, -0.25) is 0 Å². The van der Waals surface area contributed by atoms with E-state index >= 15 is 0 Å². The molecule has 0 unspecified atom stereocenters. The highest BCUT2D eigenvalue weighted by molar-refractivity contribution is 5.72. The van der Waals surface area contributed by atoms with Crippen molar-refractivity contribution in [2.24, 2.45) is 11.7 Å². The highest BCUT2D eigenvalue weighted by Gasteiger charge is 2.40. The van der Waals surface area contributed by atoms with Gasteiger partial charge in [-0.1, -0.05) is 6.42 Å². The molecule has 0 aromatic carbocycles. The van der Waals surface area contributed by atoms with E-state index in [4.69, 9.17) is 5.73 Å². The molecule has 4 nitrogen and oxygen atoms in total. The van der Waals surface area contributed by atoms with Crippen LogP contribution in [-0.4, -0.2) is 34.7 Å². The highest BCUT2D eigenvalue weighted by Crippen LogP contribution is 2.35. The predicted octanol–water partition coefficient (Wildman–Crippen LogP) is 0.690. The zero-order valence-corrected chi connectivity index (χ0v) is 8.35. The van der Waals surface area contributed by atoms with Gasteiger partial charge in [-0.15, -0.1) is 0 Å². The van der Waals surface area contributed by atoms with Crippen molar-refractivity contribution in [3.63, 3.8) is 0 Å². The van der Waals surface area contributed by atoms with Gasteiger partial charge in [0.1, 0.15) is 0 Å². The van der Waals surface area contributed by atoms with Crippen LogP contribution in [0.1, 0.15) is 32.1 Å². The van der Waals surface area contributed by atoms with Crippen LogP contribution in [0.5, 0.6) is 0 Å². The molecule has 3 N–H and O–H groups in total. The van der Waals surface area contributed by atoms with Gasteiger partial charge >= 0.3 is 6.03 Å². The minimum Gasteiger partial charge on any atom is -0.391 e. The zero-order chi connectivity index (χ0) is 10.1. The van der Waals surface area contributed by atoms with E-state index in [2.05, 4.69) is 0 Å². The molecule has 2 fully saturated rings. The molecular weight excluding hydrogens is 180 g/mol. The molecule has 2 aliphatic rings. The lowest BCUT2D eigenvalue weighted by Gasteiger charge is -2.45. The number of nitrogens with two attached hydrogens (primary N) is 1. The predicted molar refractivity (Wildman–Crippen MR) is 52.7 cm³/mol. The molecule has 0 radical (unpaired) electrons. The Bertz CT molecular complexity index is 230. The highest BCUT2D eigenvalue weighted by atomic mass is 16.3. The van der Waals surface area contributed by atoms with Crippen molar-refractivity contribution in [1.82, 2.24) is 4.90 Å². The minimum absolute atomic E-state index is 0.00463. The standard InChI is InChI=1S/C10H18N2O2/c11-10(14)12-6-2-4-7-3-1-5-8(13)9(7)12/h7-9,13H,1-6H2,(H2,11,14)/t7-,8+,9-/m0/s1. The van der Waals surface area contributed by atoms with E-state index in [9.17, 15) is 9.90 Å². The molecule has 2 rings (SSSR count). The molecule has 1 saturated carbocycles. The molecular formula is C10H18N2O2. The molecule has 0 spiro atoms. The number of fused-ring (bicyclic) bond motifs is 1. The van der Waals surface area contributed by atoms with Crippen LogP contribution in [0.3, 0.4) is 0 Å². The van der Waals surface area contributed by atoms with Gasteiger partial charge in [0.2, 0.25) is 0 Å². The maximum atomic E-state index is 11.2. The summed E-state index contributed by atoms with van der Waals surface area (Å²) in [6.07, 6.45) is 4.81. The number of primary amides is 1. The van der Waals surface area contributed by atoms with Crippen molar-refractivity contribution in [2.75, 3.05) is 6.54 Å². The molecule has 0 bridgehead atoms. The van der Waals surface area contributed by atoms with Crippen molar-refractivity contribution >= 4 is 6.03 Å². The lowest BCUT2D eigenvalue weighted by molar-refractivity contribution is -0.0148. The third-order valence-electron chi connectivity index (χ3n) is 3.57. The summed E-state index contributed by atoms with van der Waals surface area (Å²) >= 11 is 0. The molecule has 1 heterocycles. The van der Waals surface area contributed by atoms with Crippen LogP contribution in [0.4, 0.5) is 4.79 Å². The van der Waals surface area contributed by atoms with Crippen molar-refractivity contribution in [1.29, 1.82) is 0 Å². The van der Waals surface area contributed by atoms with E-state index < -0.39 is 0 Å². The molecule has 1 aliphatic carbocycles. The Morgan fingerprint density at radius 2 is 2.00 bits per heavy atom. The summed E-state index contributed by atoms with van der Waals surface area (Å²) in [5.41, 5.74) is 5.31. The molecule has 80 valence electrons. The Kier molecular flexibility index (Phi) is 2.63. The number of likely N-dealkylation sites (tertiary alicyclic amines) is 1. The first-order valence-corrected chi connectivity index (χ1v) is 5.44. The van der Waals surface area contributed by atoms with Gasteiger partial charge in [-0.05, 0) is 31.6 Å². The fourth-order valence-electron chi connectivity index (χ4n) is 2.95. The molecule has 2 amide bonds. The van der Waals surface area contributed by atoms with Crippen LogP contribution < -0.4 is 5.73 Å². The molecule has 1 aliphatic heterocycles. The molecule has 0 aromatic rings. The number of aliphatic hydroxyl groups excluding tert-OH is 1. The summed E-state index contributed by atoms with van der Waals surface area (Å²) in [6, 6.07) is -0.379. The quantitative estimate of drug-likeness (QED) is 0.601. The minimum atomic E-state index is -0.374. The number of carbonyl (C=O) groups excluding carboxylic acids is 1. The van der Waals surface area contributed by atoms with Gasteiger partial charge in [0.05, 0.1) is 12.1 Å². The van der Waals surface area contributed by atoms with E-state index in [0.717, 1.165) is 32.1 Å². The largest absolute Gasteiger partial charge is 0.391 e. The zero-order valence-electron chi connectivity index (χ0n) is 8.35.